The second kappa shape index (κ2) is 4.07. The Labute approximate surface area is 113 Å². The molecule has 1 saturated carbocycles. The fraction of sp³-hybridized carbons (Fsp3) is 0.333. The second-order valence-electron chi connectivity index (χ2n) is 4.43. The van der Waals surface area contributed by atoms with Crippen molar-refractivity contribution in [1.82, 2.24) is 14.8 Å². The van der Waals surface area contributed by atoms with Crippen LogP contribution in [0.25, 0.3) is 5.69 Å². The van der Waals surface area contributed by atoms with Crippen molar-refractivity contribution in [1.29, 1.82) is 0 Å². The van der Waals surface area contributed by atoms with Crippen LogP contribution in [0.1, 0.15) is 30.1 Å². The van der Waals surface area contributed by atoms with Crippen molar-refractivity contribution in [3.63, 3.8) is 0 Å². The summed E-state index contributed by atoms with van der Waals surface area (Å²) in [5.41, 5.74) is 2.29. The summed E-state index contributed by atoms with van der Waals surface area (Å²) in [6, 6.07) is 6.26. The number of nitrogens with zero attached hydrogens (tertiary/aromatic N) is 2. The first-order valence-corrected chi connectivity index (χ1v) is 6.81. The normalized spacial score (nSPS) is 15.2. The number of hydrogen-bond acceptors (Lipinski definition) is 2. The van der Waals surface area contributed by atoms with Gasteiger partial charge in [0.2, 0.25) is 0 Å². The van der Waals surface area contributed by atoms with Crippen LogP contribution >= 0.6 is 28.1 Å². The van der Waals surface area contributed by atoms with Crippen LogP contribution in [0.5, 0.6) is 0 Å². The van der Waals surface area contributed by atoms with Crippen molar-refractivity contribution < 1.29 is 0 Å². The number of halogens is 1. The van der Waals surface area contributed by atoms with Crippen molar-refractivity contribution in [2.75, 3.05) is 0 Å². The predicted molar refractivity (Wildman–Crippen MR) is 73.2 cm³/mol. The molecule has 1 heterocycles. The highest BCUT2D eigenvalue weighted by atomic mass is 79.9. The van der Waals surface area contributed by atoms with Crippen LogP contribution in [0.15, 0.2) is 22.7 Å². The standard InChI is InChI=1S/C12H12BrN3S/c1-7-2-5-9(6-10(7)13)16-11(8-3-4-8)14-15-12(16)17/h2,5-6,8H,3-4H2,1H3,(H,15,17). The molecule has 0 saturated heterocycles. The van der Waals surface area contributed by atoms with Crippen molar-refractivity contribution in [3.8, 4) is 5.69 Å². The lowest BCUT2D eigenvalue weighted by molar-refractivity contribution is 0.868. The van der Waals surface area contributed by atoms with Crippen molar-refractivity contribution in [2.45, 2.75) is 25.7 Å². The summed E-state index contributed by atoms with van der Waals surface area (Å²) < 4.78 is 3.81. The molecule has 0 atom stereocenters. The van der Waals surface area contributed by atoms with E-state index in [2.05, 4.69) is 51.3 Å². The first-order chi connectivity index (χ1) is 8.16. The topological polar surface area (TPSA) is 33.6 Å². The SMILES string of the molecule is Cc1ccc(-n2c(C3CC3)n[nH]c2=S)cc1Br. The molecule has 5 heteroatoms. The molecule has 0 amide bonds. The largest absolute Gasteiger partial charge is 0.272 e. The Bertz CT molecular complexity index is 625. The highest BCUT2D eigenvalue weighted by Crippen LogP contribution is 2.39. The Balaban J connectivity index is 2.17. The van der Waals surface area contributed by atoms with Crippen LogP contribution in [0, 0.1) is 11.7 Å². The van der Waals surface area contributed by atoms with Crippen LogP contribution in [0.4, 0.5) is 0 Å². The Morgan fingerprint density at radius 3 is 2.88 bits per heavy atom. The van der Waals surface area contributed by atoms with Crippen LogP contribution in [0.2, 0.25) is 0 Å². The molecule has 0 bridgehead atoms. The summed E-state index contributed by atoms with van der Waals surface area (Å²) in [4.78, 5) is 0. The smallest absolute Gasteiger partial charge is 0.199 e. The van der Waals surface area contributed by atoms with Crippen molar-refractivity contribution in [3.05, 3.63) is 38.8 Å². The van der Waals surface area contributed by atoms with Crippen molar-refractivity contribution >= 4 is 28.1 Å². The Hall–Kier alpha value is -0.940. The van der Waals surface area contributed by atoms with E-state index in [1.54, 1.807) is 0 Å². The molecule has 1 aliphatic carbocycles. The van der Waals surface area contributed by atoms with E-state index in [0.29, 0.717) is 10.7 Å². The molecule has 0 unspecified atom stereocenters. The zero-order valence-corrected chi connectivity index (χ0v) is 11.8. The quantitative estimate of drug-likeness (QED) is 0.854. The zero-order valence-electron chi connectivity index (χ0n) is 9.40. The molecule has 1 N–H and O–H groups in total. The maximum absolute atomic E-state index is 5.31. The number of hydrogen-bond donors (Lipinski definition) is 1. The van der Waals surface area contributed by atoms with Crippen LogP contribution in [-0.4, -0.2) is 14.8 Å². The summed E-state index contributed by atoms with van der Waals surface area (Å²) in [6.45, 7) is 2.07. The summed E-state index contributed by atoms with van der Waals surface area (Å²) >= 11 is 8.86. The molecule has 3 rings (SSSR count). The fourth-order valence-electron chi connectivity index (χ4n) is 1.89. The van der Waals surface area contributed by atoms with Gasteiger partial charge in [0.25, 0.3) is 0 Å². The Kier molecular flexibility index (Phi) is 2.67. The van der Waals surface area contributed by atoms with E-state index >= 15 is 0 Å². The third-order valence-corrected chi connectivity index (χ3v) is 4.18. The average molecular weight is 310 g/mol. The third kappa shape index (κ3) is 1.98. The number of aryl methyl sites for hydroxylation is 1. The van der Waals surface area contributed by atoms with Gasteiger partial charge in [-0.15, -0.1) is 0 Å². The van der Waals surface area contributed by atoms with Crippen LogP contribution in [0.3, 0.4) is 0 Å². The molecule has 1 aromatic carbocycles. The van der Waals surface area contributed by atoms with Gasteiger partial charge in [-0.2, -0.15) is 5.10 Å². The van der Waals surface area contributed by atoms with E-state index in [-0.39, 0.29) is 0 Å². The van der Waals surface area contributed by atoms with Gasteiger partial charge in [0.1, 0.15) is 5.82 Å². The second-order valence-corrected chi connectivity index (χ2v) is 5.67. The van der Waals surface area contributed by atoms with Gasteiger partial charge in [-0.25, -0.2) is 0 Å². The maximum Gasteiger partial charge on any atom is 0.199 e. The van der Waals surface area contributed by atoms with E-state index in [9.17, 15) is 0 Å². The van der Waals surface area contributed by atoms with Gasteiger partial charge in [-0.1, -0.05) is 22.0 Å². The average Bonchev–Trinajstić information content (AvgIpc) is 3.07. The van der Waals surface area contributed by atoms with E-state index in [0.717, 1.165) is 16.0 Å². The molecule has 17 heavy (non-hydrogen) atoms. The molecular formula is C12H12BrN3S. The van der Waals surface area contributed by atoms with Crippen LogP contribution in [-0.2, 0) is 0 Å². The summed E-state index contributed by atoms with van der Waals surface area (Å²) in [7, 11) is 0. The van der Waals surface area contributed by atoms with Crippen molar-refractivity contribution in [2.24, 2.45) is 0 Å². The molecule has 0 radical (unpaired) electrons. The van der Waals surface area contributed by atoms with Crippen LogP contribution < -0.4 is 0 Å². The minimum atomic E-state index is 0.572. The number of rotatable bonds is 2. The van der Waals surface area contributed by atoms with Gasteiger partial charge in [-0.3, -0.25) is 9.67 Å². The van der Waals surface area contributed by atoms with E-state index in [1.165, 1.54) is 18.4 Å². The Morgan fingerprint density at radius 1 is 1.47 bits per heavy atom. The minimum absolute atomic E-state index is 0.572. The summed E-state index contributed by atoms with van der Waals surface area (Å²) in [6.07, 6.45) is 2.43. The molecule has 2 aromatic rings. The monoisotopic (exact) mass is 309 g/mol. The predicted octanol–water partition coefficient (Wildman–Crippen LogP) is 3.88. The molecule has 0 spiro atoms. The lowest BCUT2D eigenvalue weighted by Gasteiger charge is -2.07. The lowest BCUT2D eigenvalue weighted by atomic mass is 10.2. The van der Waals surface area contributed by atoms with Gasteiger partial charge < -0.3 is 0 Å². The molecule has 88 valence electrons. The highest BCUT2D eigenvalue weighted by Gasteiger charge is 2.29. The molecule has 1 fully saturated rings. The lowest BCUT2D eigenvalue weighted by Crippen LogP contribution is -2.00. The number of aromatic nitrogens is 3. The van der Waals surface area contributed by atoms with Gasteiger partial charge in [0.15, 0.2) is 4.77 Å². The Morgan fingerprint density at radius 2 is 2.24 bits per heavy atom. The molecule has 3 nitrogen and oxygen atoms in total. The fourth-order valence-corrected chi connectivity index (χ4v) is 2.51. The summed E-state index contributed by atoms with van der Waals surface area (Å²) in [5, 5.41) is 7.23. The molecule has 0 aliphatic heterocycles. The molecule has 1 aliphatic rings. The van der Waals surface area contributed by atoms with E-state index in [4.69, 9.17) is 12.2 Å². The number of H-pyrrole nitrogens is 1. The minimum Gasteiger partial charge on any atom is -0.272 e. The highest BCUT2D eigenvalue weighted by molar-refractivity contribution is 9.10. The van der Waals surface area contributed by atoms with E-state index < -0.39 is 0 Å². The maximum atomic E-state index is 5.31. The molecule has 1 aromatic heterocycles. The summed E-state index contributed by atoms with van der Waals surface area (Å²) in [5.74, 6) is 1.63. The van der Waals surface area contributed by atoms with Gasteiger partial charge in [-0.05, 0) is 49.7 Å². The number of benzene rings is 1. The van der Waals surface area contributed by atoms with E-state index in [1.807, 2.05) is 4.57 Å². The molecular weight excluding hydrogens is 298 g/mol. The first kappa shape index (κ1) is 11.2. The van der Waals surface area contributed by atoms with Gasteiger partial charge >= 0.3 is 0 Å². The zero-order chi connectivity index (χ0) is 12.0. The first-order valence-electron chi connectivity index (χ1n) is 5.60. The number of nitrogens with one attached hydrogen (secondary N) is 1. The number of aromatic amines is 1. The van der Waals surface area contributed by atoms with Gasteiger partial charge in [0, 0.05) is 10.4 Å². The third-order valence-electron chi connectivity index (χ3n) is 3.05. The van der Waals surface area contributed by atoms with Gasteiger partial charge in [0.05, 0.1) is 5.69 Å².